The van der Waals surface area contributed by atoms with Gasteiger partial charge in [-0.15, -0.1) is 0 Å². The van der Waals surface area contributed by atoms with Crippen LogP contribution in [0.2, 0.25) is 0 Å². The standard InChI is InChI=1S/C11H12O.C7H12O/c1-8-6-7-9-4-2-3-5-10(9)11(8)12;1-6-4-2-3-5-7(6)8/h2-5,8H,6-7H2,1H3;6H,2-5H2,1H3. The van der Waals surface area contributed by atoms with Crippen molar-refractivity contribution in [2.24, 2.45) is 11.8 Å². The Balaban J connectivity index is 0.000000160. The predicted molar refractivity (Wildman–Crippen MR) is 80.9 cm³/mol. The van der Waals surface area contributed by atoms with Gasteiger partial charge in [-0.25, -0.2) is 0 Å². The van der Waals surface area contributed by atoms with Crippen molar-refractivity contribution in [3.05, 3.63) is 35.4 Å². The molecule has 0 bridgehead atoms. The monoisotopic (exact) mass is 272 g/mol. The van der Waals surface area contributed by atoms with E-state index in [1.54, 1.807) is 0 Å². The molecule has 0 amide bonds. The molecule has 1 saturated carbocycles. The lowest BCUT2D eigenvalue weighted by molar-refractivity contribution is -0.123. The number of fused-ring (bicyclic) bond motifs is 1. The Hall–Kier alpha value is -1.44. The molecule has 0 heterocycles. The van der Waals surface area contributed by atoms with E-state index in [4.69, 9.17) is 0 Å². The van der Waals surface area contributed by atoms with Gasteiger partial charge in [-0.1, -0.05) is 44.5 Å². The molecule has 108 valence electrons. The van der Waals surface area contributed by atoms with Gasteiger partial charge in [0.25, 0.3) is 0 Å². The molecule has 2 atom stereocenters. The van der Waals surface area contributed by atoms with Gasteiger partial charge in [0.05, 0.1) is 0 Å². The lowest BCUT2D eigenvalue weighted by atomic mass is 9.84. The molecule has 20 heavy (non-hydrogen) atoms. The number of Topliss-reactive ketones (excluding diaryl/α,β-unsaturated/α-hetero) is 2. The largest absolute Gasteiger partial charge is 0.299 e. The van der Waals surface area contributed by atoms with E-state index in [0.29, 0.717) is 17.5 Å². The van der Waals surface area contributed by atoms with Gasteiger partial charge >= 0.3 is 0 Å². The minimum absolute atomic E-state index is 0.222. The topological polar surface area (TPSA) is 34.1 Å². The zero-order chi connectivity index (χ0) is 14.5. The maximum atomic E-state index is 11.6. The maximum Gasteiger partial charge on any atom is 0.165 e. The van der Waals surface area contributed by atoms with E-state index in [1.807, 2.05) is 32.0 Å². The summed E-state index contributed by atoms with van der Waals surface area (Å²) in [6, 6.07) is 7.93. The summed E-state index contributed by atoms with van der Waals surface area (Å²) in [6.45, 7) is 4.04. The quantitative estimate of drug-likeness (QED) is 0.708. The first kappa shape index (κ1) is 15.0. The van der Waals surface area contributed by atoms with Crippen LogP contribution >= 0.6 is 0 Å². The lowest BCUT2D eigenvalue weighted by Crippen LogP contribution is -2.19. The van der Waals surface area contributed by atoms with Crippen LogP contribution in [0.25, 0.3) is 0 Å². The van der Waals surface area contributed by atoms with Crippen molar-refractivity contribution in [2.75, 3.05) is 0 Å². The molecule has 0 saturated heterocycles. The summed E-state index contributed by atoms with van der Waals surface area (Å²) in [6.07, 6.45) is 6.41. The smallest absolute Gasteiger partial charge is 0.165 e. The molecule has 0 aliphatic heterocycles. The Morgan fingerprint density at radius 2 is 1.65 bits per heavy atom. The van der Waals surface area contributed by atoms with E-state index in [2.05, 4.69) is 6.07 Å². The number of hydrogen-bond acceptors (Lipinski definition) is 2. The number of carbonyl (C=O) groups is 2. The van der Waals surface area contributed by atoms with Gasteiger partial charge in [-0.3, -0.25) is 9.59 Å². The molecule has 1 fully saturated rings. The molecular formula is C18H24O2. The van der Waals surface area contributed by atoms with E-state index < -0.39 is 0 Å². The van der Waals surface area contributed by atoms with Crippen molar-refractivity contribution in [1.82, 2.24) is 0 Å². The van der Waals surface area contributed by atoms with E-state index in [0.717, 1.165) is 37.7 Å². The summed E-state index contributed by atoms with van der Waals surface area (Å²) in [5, 5.41) is 0. The fourth-order valence-corrected chi connectivity index (χ4v) is 2.90. The Kier molecular flexibility index (Phi) is 5.11. The minimum atomic E-state index is 0.222. The van der Waals surface area contributed by atoms with E-state index in [-0.39, 0.29) is 5.92 Å². The number of hydrogen-bond donors (Lipinski definition) is 0. The van der Waals surface area contributed by atoms with E-state index in [9.17, 15) is 9.59 Å². The second-order valence-electron chi connectivity index (χ2n) is 6.07. The summed E-state index contributed by atoms with van der Waals surface area (Å²) >= 11 is 0. The molecule has 2 nitrogen and oxygen atoms in total. The predicted octanol–water partition coefficient (Wildman–Crippen LogP) is 4.22. The highest BCUT2D eigenvalue weighted by atomic mass is 16.1. The molecule has 0 aromatic heterocycles. The zero-order valence-corrected chi connectivity index (χ0v) is 12.5. The Morgan fingerprint density at radius 1 is 0.900 bits per heavy atom. The van der Waals surface area contributed by atoms with Gasteiger partial charge in [0.1, 0.15) is 5.78 Å². The molecule has 2 unspecified atom stereocenters. The molecule has 1 aromatic rings. The van der Waals surface area contributed by atoms with Crippen LogP contribution in [0.5, 0.6) is 0 Å². The lowest BCUT2D eigenvalue weighted by Gasteiger charge is -2.19. The first-order chi connectivity index (χ1) is 9.59. The fraction of sp³-hybridized carbons (Fsp3) is 0.556. The summed E-state index contributed by atoms with van der Waals surface area (Å²) in [4.78, 5) is 22.4. The van der Waals surface area contributed by atoms with Crippen LogP contribution in [0.1, 0.15) is 61.9 Å². The van der Waals surface area contributed by atoms with Crippen LogP contribution in [0.15, 0.2) is 24.3 Å². The molecule has 2 heteroatoms. The molecule has 0 N–H and O–H groups in total. The number of carbonyl (C=O) groups excluding carboxylic acids is 2. The van der Waals surface area contributed by atoms with Crippen molar-refractivity contribution >= 4 is 11.6 Å². The first-order valence-electron chi connectivity index (χ1n) is 7.74. The second-order valence-corrected chi connectivity index (χ2v) is 6.07. The molecule has 2 aliphatic rings. The average Bonchev–Trinajstić information content (AvgIpc) is 2.47. The van der Waals surface area contributed by atoms with Crippen LogP contribution < -0.4 is 0 Å². The number of benzene rings is 1. The Bertz CT molecular complexity index is 490. The Morgan fingerprint density at radius 3 is 2.30 bits per heavy atom. The molecule has 2 aliphatic carbocycles. The van der Waals surface area contributed by atoms with Crippen molar-refractivity contribution in [1.29, 1.82) is 0 Å². The van der Waals surface area contributed by atoms with Gasteiger partial charge in [0.15, 0.2) is 5.78 Å². The highest BCUT2D eigenvalue weighted by Crippen LogP contribution is 2.24. The second kappa shape index (κ2) is 6.83. The van der Waals surface area contributed by atoms with Crippen LogP contribution in [0, 0.1) is 11.8 Å². The Labute approximate surface area is 121 Å². The maximum absolute atomic E-state index is 11.6. The average molecular weight is 272 g/mol. The zero-order valence-electron chi connectivity index (χ0n) is 12.5. The summed E-state index contributed by atoms with van der Waals surface area (Å²) < 4.78 is 0. The van der Waals surface area contributed by atoms with Gasteiger partial charge < -0.3 is 0 Å². The molecule has 0 spiro atoms. The minimum Gasteiger partial charge on any atom is -0.299 e. The third kappa shape index (κ3) is 3.56. The van der Waals surface area contributed by atoms with E-state index in [1.165, 1.54) is 12.0 Å². The van der Waals surface area contributed by atoms with Crippen LogP contribution in [0.4, 0.5) is 0 Å². The van der Waals surface area contributed by atoms with Crippen molar-refractivity contribution in [2.45, 2.75) is 52.4 Å². The normalized spacial score (nSPS) is 25.5. The van der Waals surface area contributed by atoms with E-state index >= 15 is 0 Å². The van der Waals surface area contributed by atoms with Gasteiger partial charge in [0, 0.05) is 23.8 Å². The number of rotatable bonds is 0. The first-order valence-corrected chi connectivity index (χ1v) is 7.74. The van der Waals surface area contributed by atoms with Crippen molar-refractivity contribution in [3.63, 3.8) is 0 Å². The third-order valence-corrected chi connectivity index (χ3v) is 4.44. The molecular weight excluding hydrogens is 248 g/mol. The third-order valence-electron chi connectivity index (χ3n) is 4.44. The fourth-order valence-electron chi connectivity index (χ4n) is 2.90. The van der Waals surface area contributed by atoms with Crippen molar-refractivity contribution < 1.29 is 9.59 Å². The summed E-state index contributed by atoms with van der Waals surface area (Å²) in [7, 11) is 0. The molecule has 1 aromatic carbocycles. The highest BCUT2D eigenvalue weighted by molar-refractivity contribution is 5.99. The van der Waals surface area contributed by atoms with Crippen LogP contribution in [-0.2, 0) is 11.2 Å². The van der Waals surface area contributed by atoms with Gasteiger partial charge in [-0.05, 0) is 31.2 Å². The SMILES string of the molecule is CC1CCCCC1=O.CC1CCc2ccccc2C1=O. The highest BCUT2D eigenvalue weighted by Gasteiger charge is 2.22. The van der Waals surface area contributed by atoms with Crippen LogP contribution in [0.3, 0.4) is 0 Å². The summed E-state index contributed by atoms with van der Waals surface area (Å²) in [5.74, 6) is 1.37. The summed E-state index contributed by atoms with van der Waals surface area (Å²) in [5.41, 5.74) is 2.16. The van der Waals surface area contributed by atoms with Gasteiger partial charge in [0.2, 0.25) is 0 Å². The molecule has 0 radical (unpaired) electrons. The number of ketones is 2. The molecule has 3 rings (SSSR count). The van der Waals surface area contributed by atoms with Crippen molar-refractivity contribution in [3.8, 4) is 0 Å². The number of aryl methyl sites for hydroxylation is 1. The van der Waals surface area contributed by atoms with Crippen LogP contribution in [-0.4, -0.2) is 11.6 Å². The van der Waals surface area contributed by atoms with Gasteiger partial charge in [-0.2, -0.15) is 0 Å².